The average molecular weight is 1010 g/mol. The Hall–Kier alpha value is -2.30. The first-order chi connectivity index (χ1) is 34.2. The minimum atomic E-state index is -4.74. The Morgan fingerprint density at radius 2 is 0.743 bits per heavy atom. The quantitative estimate of drug-likeness (QED) is 0.0197. The Balaban J connectivity index is 4.67. The van der Waals surface area contributed by atoms with Crippen LogP contribution >= 0.6 is 7.82 Å². The summed E-state index contributed by atoms with van der Waals surface area (Å²) in [5.74, 6) is -1.47. The Bertz CT molecular complexity index is 1320. The zero-order chi connectivity index (χ0) is 51.3. The van der Waals surface area contributed by atoms with Crippen molar-refractivity contribution in [2.45, 2.75) is 290 Å². The largest absolute Gasteiger partial charge is 0.472 e. The highest BCUT2D eigenvalue weighted by Crippen LogP contribution is 2.43. The number of hydrogen-bond donors (Lipinski definition) is 2. The summed E-state index contributed by atoms with van der Waals surface area (Å²) in [6.07, 6.45) is 54.0. The van der Waals surface area contributed by atoms with Crippen molar-refractivity contribution in [1.29, 1.82) is 0 Å². The maximum absolute atomic E-state index is 12.9. The zero-order valence-electron chi connectivity index (χ0n) is 45.2. The van der Waals surface area contributed by atoms with Crippen LogP contribution in [0.4, 0.5) is 0 Å². The second kappa shape index (κ2) is 53.0. The van der Waals surface area contributed by atoms with E-state index in [1.807, 2.05) is 0 Å². The van der Waals surface area contributed by atoms with Gasteiger partial charge in [0.1, 0.15) is 12.7 Å². The molecule has 0 saturated carbocycles. The first-order valence-electron chi connectivity index (χ1n) is 28.9. The van der Waals surface area contributed by atoms with Gasteiger partial charge in [-0.2, -0.15) is 0 Å². The van der Waals surface area contributed by atoms with Gasteiger partial charge < -0.3 is 24.2 Å². The van der Waals surface area contributed by atoms with Gasteiger partial charge in [0.25, 0.3) is 0 Å². The van der Waals surface area contributed by atoms with Gasteiger partial charge in [-0.1, -0.05) is 243 Å². The number of aliphatic hydroxyl groups is 1. The van der Waals surface area contributed by atoms with Gasteiger partial charge in [-0.3, -0.25) is 23.4 Å². The molecule has 0 aliphatic carbocycles. The summed E-state index contributed by atoms with van der Waals surface area (Å²) in [7, 11) is -4.74. The Morgan fingerprint density at radius 1 is 0.414 bits per heavy atom. The van der Waals surface area contributed by atoms with E-state index >= 15 is 0 Å². The van der Waals surface area contributed by atoms with E-state index in [1.54, 1.807) is 0 Å². The van der Waals surface area contributed by atoms with Crippen LogP contribution in [0.1, 0.15) is 278 Å². The first-order valence-corrected chi connectivity index (χ1v) is 30.4. The first kappa shape index (κ1) is 67.7. The molecule has 3 unspecified atom stereocenters. The van der Waals surface area contributed by atoms with E-state index in [9.17, 15) is 28.9 Å². The molecule has 0 aromatic heterocycles. The van der Waals surface area contributed by atoms with Crippen molar-refractivity contribution < 1.29 is 52.2 Å². The lowest BCUT2D eigenvalue weighted by Crippen LogP contribution is -2.30. The molecule has 11 nitrogen and oxygen atoms in total. The average Bonchev–Trinajstić information content (AvgIpc) is 3.35. The Kier molecular flexibility index (Phi) is 51.3. The summed E-state index contributed by atoms with van der Waals surface area (Å²) in [5, 5.41) is 9.77. The molecule has 0 rings (SSSR count). The molecule has 70 heavy (non-hydrogen) atoms. The van der Waals surface area contributed by atoms with Crippen molar-refractivity contribution in [3.05, 3.63) is 36.5 Å². The number of ether oxygens (including phenoxy) is 3. The highest BCUT2D eigenvalue weighted by atomic mass is 31.2. The van der Waals surface area contributed by atoms with Crippen LogP contribution in [0.3, 0.4) is 0 Å². The standard InChI is InChI=1S/C58H107O11P/c1-4-7-10-13-16-19-21-23-25-26-27-28-30-31-33-36-38-41-44-47-56(60)65-51-55(69-58(62)49-46-43-40-37-34-32-29-24-22-20-17-14-11-8-5-2)53-67-70(63,64)66-52-54(50-59)68-57(61)48-45-42-39-35-18-15-12-9-6-3/h8,11,17,20,24,29,54-55,59H,4-7,9-10,12-16,18-19,21-23,25-28,30-53H2,1-3H3,(H,63,64)/b11-8-,20-17-,29-24-. The minimum Gasteiger partial charge on any atom is -0.462 e. The van der Waals surface area contributed by atoms with Crippen LogP contribution in [0.25, 0.3) is 0 Å². The number of phosphoric acid groups is 1. The fourth-order valence-corrected chi connectivity index (χ4v) is 8.98. The van der Waals surface area contributed by atoms with Crippen LogP contribution in [0.5, 0.6) is 0 Å². The van der Waals surface area contributed by atoms with E-state index in [2.05, 4.69) is 57.2 Å². The van der Waals surface area contributed by atoms with E-state index in [0.717, 1.165) is 89.9 Å². The van der Waals surface area contributed by atoms with Crippen LogP contribution in [-0.4, -0.2) is 66.5 Å². The number of rotatable bonds is 54. The number of carbonyl (C=O) groups is 3. The fraction of sp³-hybridized carbons (Fsp3) is 0.845. The molecule has 0 spiro atoms. The molecule has 0 bridgehead atoms. The maximum Gasteiger partial charge on any atom is 0.472 e. The van der Waals surface area contributed by atoms with Crippen molar-refractivity contribution in [2.24, 2.45) is 0 Å². The molecule has 0 aliphatic rings. The summed E-state index contributed by atoms with van der Waals surface area (Å²) in [6.45, 7) is 4.53. The molecule has 0 heterocycles. The predicted molar refractivity (Wildman–Crippen MR) is 289 cm³/mol. The molecule has 0 amide bonds. The van der Waals surface area contributed by atoms with Crippen molar-refractivity contribution in [3.63, 3.8) is 0 Å². The molecule has 3 atom stereocenters. The number of aliphatic hydroxyl groups excluding tert-OH is 1. The molecular weight excluding hydrogens is 904 g/mol. The molecule has 410 valence electrons. The summed E-state index contributed by atoms with van der Waals surface area (Å²) in [5.41, 5.74) is 0. The van der Waals surface area contributed by atoms with E-state index in [1.165, 1.54) is 128 Å². The summed E-state index contributed by atoms with van der Waals surface area (Å²) in [6, 6.07) is 0. The van der Waals surface area contributed by atoms with Gasteiger partial charge in [0.2, 0.25) is 0 Å². The summed E-state index contributed by atoms with van der Waals surface area (Å²) < 4.78 is 39.4. The lowest BCUT2D eigenvalue weighted by Gasteiger charge is -2.21. The van der Waals surface area contributed by atoms with Crippen molar-refractivity contribution in [1.82, 2.24) is 0 Å². The zero-order valence-corrected chi connectivity index (χ0v) is 46.1. The summed E-state index contributed by atoms with van der Waals surface area (Å²) >= 11 is 0. The monoisotopic (exact) mass is 1010 g/mol. The van der Waals surface area contributed by atoms with Crippen LogP contribution in [0.2, 0.25) is 0 Å². The highest BCUT2D eigenvalue weighted by molar-refractivity contribution is 7.47. The molecule has 0 aromatic rings. The highest BCUT2D eigenvalue weighted by Gasteiger charge is 2.28. The third-order valence-electron chi connectivity index (χ3n) is 12.6. The number of unbranched alkanes of at least 4 members (excludes halogenated alkanes) is 31. The summed E-state index contributed by atoms with van der Waals surface area (Å²) in [4.78, 5) is 48.4. The second-order valence-electron chi connectivity index (χ2n) is 19.4. The van der Waals surface area contributed by atoms with Gasteiger partial charge >= 0.3 is 25.7 Å². The third-order valence-corrected chi connectivity index (χ3v) is 13.5. The number of allylic oxidation sites excluding steroid dienone is 6. The van der Waals surface area contributed by atoms with Crippen LogP contribution < -0.4 is 0 Å². The van der Waals surface area contributed by atoms with Crippen molar-refractivity contribution >= 4 is 25.7 Å². The number of hydrogen-bond acceptors (Lipinski definition) is 10. The number of esters is 3. The van der Waals surface area contributed by atoms with Gasteiger partial charge in [0.05, 0.1) is 19.8 Å². The van der Waals surface area contributed by atoms with Crippen LogP contribution in [-0.2, 0) is 42.2 Å². The molecule has 0 saturated heterocycles. The smallest absolute Gasteiger partial charge is 0.462 e. The van der Waals surface area contributed by atoms with Crippen LogP contribution in [0.15, 0.2) is 36.5 Å². The van der Waals surface area contributed by atoms with Crippen molar-refractivity contribution in [2.75, 3.05) is 26.4 Å². The van der Waals surface area contributed by atoms with E-state index < -0.39 is 57.8 Å². The van der Waals surface area contributed by atoms with Crippen molar-refractivity contribution in [3.8, 4) is 0 Å². The lowest BCUT2D eigenvalue weighted by atomic mass is 10.0. The predicted octanol–water partition coefficient (Wildman–Crippen LogP) is 16.8. The van der Waals surface area contributed by atoms with Gasteiger partial charge in [0.15, 0.2) is 6.10 Å². The molecule has 0 fully saturated rings. The molecular formula is C58H107O11P. The molecule has 0 radical (unpaired) electrons. The molecule has 0 aromatic carbocycles. The van der Waals surface area contributed by atoms with E-state index in [4.69, 9.17) is 23.3 Å². The normalized spacial score (nSPS) is 13.6. The Morgan fingerprint density at radius 3 is 1.14 bits per heavy atom. The fourth-order valence-electron chi connectivity index (χ4n) is 8.20. The second-order valence-corrected chi connectivity index (χ2v) is 20.9. The number of phosphoric ester groups is 1. The van der Waals surface area contributed by atoms with Crippen LogP contribution in [0, 0.1) is 0 Å². The topological polar surface area (TPSA) is 155 Å². The van der Waals surface area contributed by atoms with Gasteiger partial charge in [-0.15, -0.1) is 0 Å². The third kappa shape index (κ3) is 50.6. The van der Waals surface area contributed by atoms with Gasteiger partial charge in [0, 0.05) is 19.3 Å². The maximum atomic E-state index is 12.9. The van der Waals surface area contributed by atoms with Gasteiger partial charge in [-0.05, 0) is 51.4 Å². The Labute approximate surface area is 429 Å². The lowest BCUT2D eigenvalue weighted by molar-refractivity contribution is -0.161. The van der Waals surface area contributed by atoms with Gasteiger partial charge in [-0.25, -0.2) is 4.57 Å². The SMILES string of the molecule is CC/C=C\C/C=C\C/C=C\CCCCCCCC(=O)OC(COC(=O)CCCCCCCCCCCCCCCCCCCCC)COP(=O)(O)OCC(CO)OC(=O)CCCCCCCCCCC. The number of carbonyl (C=O) groups excluding carboxylic acids is 3. The molecule has 12 heteroatoms. The molecule has 0 aliphatic heterocycles. The van der Waals surface area contributed by atoms with E-state index in [-0.39, 0.29) is 25.9 Å². The minimum absolute atomic E-state index is 0.152. The molecule has 2 N–H and O–H groups in total. The van der Waals surface area contributed by atoms with E-state index in [0.29, 0.717) is 19.3 Å².